The van der Waals surface area contributed by atoms with Crippen molar-refractivity contribution in [2.75, 3.05) is 6.54 Å². The predicted molar refractivity (Wildman–Crippen MR) is 87.1 cm³/mol. The van der Waals surface area contributed by atoms with Crippen LogP contribution in [0, 0.1) is 11.8 Å². The predicted octanol–water partition coefficient (Wildman–Crippen LogP) is 4.11. The third kappa shape index (κ3) is 4.08. The van der Waals surface area contributed by atoms with Crippen molar-refractivity contribution in [1.82, 2.24) is 5.32 Å². The molecule has 0 spiro atoms. The molecular formula is C17H24BrNO. The maximum atomic E-state index is 12.6. The summed E-state index contributed by atoms with van der Waals surface area (Å²) in [5, 5.41) is 3.13. The van der Waals surface area contributed by atoms with Gasteiger partial charge in [0.1, 0.15) is 0 Å². The van der Waals surface area contributed by atoms with E-state index in [1.165, 1.54) is 12.8 Å². The molecule has 1 aromatic rings. The van der Waals surface area contributed by atoms with E-state index in [2.05, 4.69) is 47.2 Å². The van der Waals surface area contributed by atoms with E-state index >= 15 is 0 Å². The zero-order chi connectivity index (χ0) is 14.5. The number of alkyl halides is 1. The summed E-state index contributed by atoms with van der Waals surface area (Å²) in [6.45, 7) is 5.04. The topological polar surface area (TPSA) is 29.1 Å². The Labute approximate surface area is 130 Å². The summed E-state index contributed by atoms with van der Waals surface area (Å²) in [5.41, 5.74) is 1.12. The molecule has 0 heterocycles. The average Bonchev–Trinajstić information content (AvgIpc) is 3.30. The normalized spacial score (nSPS) is 19.1. The Morgan fingerprint density at radius 2 is 2.00 bits per heavy atom. The largest absolute Gasteiger partial charge is 0.354 e. The van der Waals surface area contributed by atoms with E-state index in [4.69, 9.17) is 0 Å². The Bertz CT molecular complexity index is 430. The number of hydrogen-bond donors (Lipinski definition) is 1. The van der Waals surface area contributed by atoms with Crippen molar-refractivity contribution in [2.24, 2.45) is 11.8 Å². The lowest BCUT2D eigenvalue weighted by molar-refractivity contribution is -0.123. The second-order valence-corrected chi connectivity index (χ2v) is 7.05. The molecule has 1 fully saturated rings. The molecule has 2 rings (SSSR count). The first-order valence-electron chi connectivity index (χ1n) is 7.60. The van der Waals surface area contributed by atoms with Crippen LogP contribution in [-0.4, -0.2) is 17.3 Å². The van der Waals surface area contributed by atoms with Crippen LogP contribution in [0.15, 0.2) is 30.3 Å². The van der Waals surface area contributed by atoms with Gasteiger partial charge in [0.05, 0.1) is 5.92 Å². The number of halogens is 1. The first-order valence-corrected chi connectivity index (χ1v) is 8.51. The summed E-state index contributed by atoms with van der Waals surface area (Å²) in [4.78, 5) is 13.0. The minimum Gasteiger partial charge on any atom is -0.354 e. The molecule has 0 bridgehead atoms. The van der Waals surface area contributed by atoms with Gasteiger partial charge in [0.2, 0.25) is 5.91 Å². The van der Waals surface area contributed by atoms with Crippen LogP contribution in [0.1, 0.15) is 44.6 Å². The number of amides is 1. The smallest absolute Gasteiger partial charge is 0.227 e. The highest BCUT2D eigenvalue weighted by atomic mass is 79.9. The van der Waals surface area contributed by atoms with Crippen LogP contribution in [-0.2, 0) is 4.79 Å². The molecule has 3 heteroatoms. The Balaban J connectivity index is 2.00. The summed E-state index contributed by atoms with van der Waals surface area (Å²) in [7, 11) is 0. The number of carbonyl (C=O) groups is 1. The molecule has 1 aliphatic carbocycles. The number of nitrogens with one attached hydrogen (secondary N) is 1. The van der Waals surface area contributed by atoms with Gasteiger partial charge in [0, 0.05) is 11.4 Å². The van der Waals surface area contributed by atoms with E-state index in [1.807, 2.05) is 18.2 Å². The lowest BCUT2D eigenvalue weighted by Gasteiger charge is -2.23. The monoisotopic (exact) mass is 337 g/mol. The summed E-state index contributed by atoms with van der Waals surface area (Å²) < 4.78 is 0. The van der Waals surface area contributed by atoms with Gasteiger partial charge >= 0.3 is 0 Å². The highest BCUT2D eigenvalue weighted by molar-refractivity contribution is 9.09. The number of rotatable bonds is 7. The molecule has 1 aromatic carbocycles. The van der Waals surface area contributed by atoms with Gasteiger partial charge in [0.25, 0.3) is 0 Å². The maximum Gasteiger partial charge on any atom is 0.227 e. The molecule has 1 N–H and O–H groups in total. The molecule has 0 aromatic heterocycles. The fourth-order valence-corrected chi connectivity index (χ4v) is 3.26. The van der Waals surface area contributed by atoms with E-state index in [0.717, 1.165) is 24.4 Å². The summed E-state index contributed by atoms with van der Waals surface area (Å²) >= 11 is 3.68. The van der Waals surface area contributed by atoms with Gasteiger partial charge in [-0.25, -0.2) is 0 Å². The first-order chi connectivity index (χ1) is 9.63. The van der Waals surface area contributed by atoms with Gasteiger partial charge in [0.15, 0.2) is 0 Å². The Morgan fingerprint density at radius 3 is 2.55 bits per heavy atom. The van der Waals surface area contributed by atoms with Crippen molar-refractivity contribution in [3.8, 4) is 0 Å². The molecule has 0 aliphatic heterocycles. The van der Waals surface area contributed by atoms with Gasteiger partial charge in [-0.1, -0.05) is 66.5 Å². The maximum absolute atomic E-state index is 12.6. The van der Waals surface area contributed by atoms with Crippen LogP contribution >= 0.6 is 15.9 Å². The summed E-state index contributed by atoms with van der Waals surface area (Å²) in [5.74, 6) is 1.23. The molecule has 110 valence electrons. The molecule has 1 aliphatic rings. The van der Waals surface area contributed by atoms with Gasteiger partial charge in [-0.05, 0) is 30.2 Å². The van der Waals surface area contributed by atoms with Crippen LogP contribution in [0.5, 0.6) is 0 Å². The number of carbonyl (C=O) groups excluding carboxylic acids is 1. The van der Waals surface area contributed by atoms with E-state index in [-0.39, 0.29) is 11.8 Å². The highest BCUT2D eigenvalue weighted by Crippen LogP contribution is 2.36. The number of benzene rings is 1. The fourth-order valence-electron chi connectivity index (χ4n) is 2.57. The zero-order valence-corrected chi connectivity index (χ0v) is 13.9. The van der Waals surface area contributed by atoms with Gasteiger partial charge in [-0.15, -0.1) is 0 Å². The molecule has 1 amide bonds. The first kappa shape index (κ1) is 15.6. The second kappa shape index (κ2) is 7.26. The van der Waals surface area contributed by atoms with Crippen molar-refractivity contribution in [1.29, 1.82) is 0 Å². The van der Waals surface area contributed by atoms with Crippen LogP contribution in [0.4, 0.5) is 0 Å². The van der Waals surface area contributed by atoms with Crippen molar-refractivity contribution in [2.45, 2.75) is 43.9 Å². The molecule has 20 heavy (non-hydrogen) atoms. The van der Waals surface area contributed by atoms with Gasteiger partial charge < -0.3 is 5.32 Å². The van der Waals surface area contributed by atoms with Crippen LogP contribution in [0.3, 0.4) is 0 Å². The van der Waals surface area contributed by atoms with E-state index in [1.54, 1.807) is 0 Å². The van der Waals surface area contributed by atoms with Gasteiger partial charge in [-0.2, -0.15) is 0 Å². The van der Waals surface area contributed by atoms with Crippen molar-refractivity contribution in [3.63, 3.8) is 0 Å². The second-order valence-electron chi connectivity index (χ2n) is 5.87. The number of hydrogen-bond acceptors (Lipinski definition) is 1. The fraction of sp³-hybridized carbons (Fsp3) is 0.588. The molecule has 1 saturated carbocycles. The summed E-state index contributed by atoms with van der Waals surface area (Å²) in [6.07, 6.45) is 3.59. The van der Waals surface area contributed by atoms with Crippen LogP contribution in [0.2, 0.25) is 0 Å². The van der Waals surface area contributed by atoms with Crippen LogP contribution in [0.25, 0.3) is 0 Å². The molecule has 2 nitrogen and oxygen atoms in total. The van der Waals surface area contributed by atoms with Crippen molar-refractivity contribution in [3.05, 3.63) is 35.9 Å². The molecular weight excluding hydrogens is 314 g/mol. The van der Waals surface area contributed by atoms with E-state index < -0.39 is 0 Å². The molecule has 0 saturated heterocycles. The van der Waals surface area contributed by atoms with E-state index in [9.17, 15) is 4.79 Å². The third-order valence-corrected chi connectivity index (χ3v) is 5.33. The standard InChI is InChI=1S/C17H24BrNO/c1-3-12(2)16(14-7-5-4-6-8-14)17(20)19-11-15(18)13-9-10-13/h4-8,12-13,15-16H,3,9-11H2,1-2H3,(H,19,20). The lowest BCUT2D eigenvalue weighted by Crippen LogP contribution is -2.36. The van der Waals surface area contributed by atoms with Crippen LogP contribution < -0.4 is 5.32 Å². The third-order valence-electron chi connectivity index (χ3n) is 4.26. The quantitative estimate of drug-likeness (QED) is 0.745. The average molecular weight is 338 g/mol. The van der Waals surface area contributed by atoms with Crippen molar-refractivity contribution < 1.29 is 4.79 Å². The molecule has 3 unspecified atom stereocenters. The summed E-state index contributed by atoms with van der Waals surface area (Å²) in [6, 6.07) is 10.1. The molecule has 3 atom stereocenters. The SMILES string of the molecule is CCC(C)C(C(=O)NCC(Br)C1CC1)c1ccccc1. The van der Waals surface area contributed by atoms with Gasteiger partial charge in [-0.3, -0.25) is 4.79 Å². The minimum absolute atomic E-state index is 0.0416. The minimum atomic E-state index is -0.0416. The molecule has 0 radical (unpaired) electrons. The lowest BCUT2D eigenvalue weighted by atomic mass is 9.85. The Kier molecular flexibility index (Phi) is 5.64. The Morgan fingerprint density at radius 1 is 1.35 bits per heavy atom. The zero-order valence-electron chi connectivity index (χ0n) is 12.3. The van der Waals surface area contributed by atoms with Crippen molar-refractivity contribution >= 4 is 21.8 Å². The Hall–Kier alpha value is -0.830. The highest BCUT2D eigenvalue weighted by Gasteiger charge is 2.31. The van der Waals surface area contributed by atoms with E-state index in [0.29, 0.717) is 10.7 Å².